The molecule has 3 aromatic rings. The minimum Gasteiger partial charge on any atom is -0.435 e. The molecule has 2 aromatic carbocycles. The molecule has 0 radical (unpaired) electrons. The number of benzene rings is 2. The predicted octanol–water partition coefficient (Wildman–Crippen LogP) is 4.56. The molecule has 0 spiro atoms. The van der Waals surface area contributed by atoms with Gasteiger partial charge in [0.05, 0.1) is 18.9 Å². The van der Waals surface area contributed by atoms with Crippen molar-refractivity contribution >= 4 is 17.7 Å². The first-order chi connectivity index (χ1) is 15.2. The highest BCUT2D eigenvalue weighted by Gasteiger charge is 2.22. The van der Waals surface area contributed by atoms with E-state index in [4.69, 9.17) is 4.74 Å². The Hall–Kier alpha value is -2.65. The Morgan fingerprint density at radius 2 is 1.90 bits per heavy atom. The number of aromatic nitrogens is 3. The normalized spacial score (nSPS) is 14.3. The van der Waals surface area contributed by atoms with E-state index in [1.165, 1.54) is 17.3 Å². The SMILES string of the molecule is CCc1cccc(-n2c(SCc3ccccc3OC(F)F)nnc2N2CCOCC2)c1. The number of aryl methyl sites for hydroxylation is 1. The van der Waals surface area contributed by atoms with Gasteiger partial charge in [0.1, 0.15) is 5.75 Å². The Morgan fingerprint density at radius 3 is 2.68 bits per heavy atom. The molecule has 0 saturated carbocycles. The quantitative estimate of drug-likeness (QED) is 0.473. The zero-order valence-electron chi connectivity index (χ0n) is 17.2. The molecule has 0 unspecified atom stereocenters. The zero-order valence-corrected chi connectivity index (χ0v) is 18.0. The van der Waals surface area contributed by atoms with Gasteiger partial charge in [0, 0.05) is 24.4 Å². The van der Waals surface area contributed by atoms with E-state index < -0.39 is 6.61 Å². The smallest absolute Gasteiger partial charge is 0.387 e. The minimum atomic E-state index is -2.86. The lowest BCUT2D eigenvalue weighted by Crippen LogP contribution is -2.37. The molecule has 0 N–H and O–H groups in total. The van der Waals surface area contributed by atoms with Crippen LogP contribution in [0.2, 0.25) is 0 Å². The molecule has 4 rings (SSSR count). The van der Waals surface area contributed by atoms with Crippen molar-refractivity contribution in [2.75, 3.05) is 31.2 Å². The van der Waals surface area contributed by atoms with Crippen LogP contribution in [0.3, 0.4) is 0 Å². The highest BCUT2D eigenvalue weighted by atomic mass is 32.2. The number of nitrogens with zero attached hydrogens (tertiary/aromatic N) is 4. The molecule has 0 amide bonds. The Morgan fingerprint density at radius 1 is 1.10 bits per heavy atom. The largest absolute Gasteiger partial charge is 0.435 e. The number of hydrogen-bond acceptors (Lipinski definition) is 6. The summed E-state index contributed by atoms with van der Waals surface area (Å²) in [7, 11) is 0. The second-order valence-electron chi connectivity index (χ2n) is 7.02. The molecule has 1 aliphatic rings. The number of ether oxygens (including phenoxy) is 2. The van der Waals surface area contributed by atoms with Crippen molar-refractivity contribution in [2.24, 2.45) is 0 Å². The van der Waals surface area contributed by atoms with Gasteiger partial charge in [0.25, 0.3) is 0 Å². The molecule has 1 aromatic heterocycles. The second-order valence-corrected chi connectivity index (χ2v) is 7.96. The number of anilines is 1. The molecular formula is C22H24F2N4O2S. The first-order valence-corrected chi connectivity index (χ1v) is 11.2. The summed E-state index contributed by atoms with van der Waals surface area (Å²) < 4.78 is 37.7. The van der Waals surface area contributed by atoms with E-state index >= 15 is 0 Å². The van der Waals surface area contributed by atoms with Crippen molar-refractivity contribution in [1.29, 1.82) is 0 Å². The van der Waals surface area contributed by atoms with E-state index in [2.05, 4.69) is 38.9 Å². The maximum Gasteiger partial charge on any atom is 0.387 e. The summed E-state index contributed by atoms with van der Waals surface area (Å²) in [4.78, 5) is 2.16. The highest BCUT2D eigenvalue weighted by Crippen LogP contribution is 2.32. The number of hydrogen-bond donors (Lipinski definition) is 0. The molecule has 1 aliphatic heterocycles. The number of rotatable bonds is 8. The molecule has 6 nitrogen and oxygen atoms in total. The standard InChI is InChI=1S/C22H24F2N4O2S/c1-2-16-6-5-8-18(14-16)28-21(27-10-12-29-13-11-27)25-26-22(28)31-15-17-7-3-4-9-19(17)30-20(23)24/h3-9,14,20H,2,10-13,15H2,1H3. The predicted molar refractivity (Wildman–Crippen MR) is 116 cm³/mol. The lowest BCUT2D eigenvalue weighted by molar-refractivity contribution is -0.0503. The number of alkyl halides is 2. The third-order valence-corrected chi connectivity index (χ3v) is 6.01. The molecule has 164 valence electrons. The Labute approximate surface area is 184 Å². The van der Waals surface area contributed by atoms with Crippen LogP contribution in [0.4, 0.5) is 14.7 Å². The first kappa shape index (κ1) is 21.6. The lowest BCUT2D eigenvalue weighted by Gasteiger charge is -2.28. The van der Waals surface area contributed by atoms with E-state index in [9.17, 15) is 8.78 Å². The first-order valence-electron chi connectivity index (χ1n) is 10.2. The molecule has 0 bridgehead atoms. The monoisotopic (exact) mass is 446 g/mol. The topological polar surface area (TPSA) is 52.4 Å². The average Bonchev–Trinajstić information content (AvgIpc) is 3.23. The van der Waals surface area contributed by atoms with Gasteiger partial charge in [0.15, 0.2) is 5.16 Å². The van der Waals surface area contributed by atoms with Gasteiger partial charge in [-0.3, -0.25) is 4.57 Å². The van der Waals surface area contributed by atoms with Crippen molar-refractivity contribution in [3.63, 3.8) is 0 Å². The summed E-state index contributed by atoms with van der Waals surface area (Å²) >= 11 is 1.44. The summed E-state index contributed by atoms with van der Waals surface area (Å²) in [6.45, 7) is 2.01. The van der Waals surface area contributed by atoms with Gasteiger partial charge in [-0.25, -0.2) is 0 Å². The van der Waals surface area contributed by atoms with Crippen LogP contribution in [0.1, 0.15) is 18.1 Å². The summed E-state index contributed by atoms with van der Waals surface area (Å²) in [5.41, 5.74) is 2.87. The third-order valence-electron chi connectivity index (χ3n) is 5.03. The number of halogens is 2. The summed E-state index contributed by atoms with van der Waals surface area (Å²) in [5, 5.41) is 9.60. The fourth-order valence-corrected chi connectivity index (χ4v) is 4.38. The molecule has 31 heavy (non-hydrogen) atoms. The molecule has 0 atom stereocenters. The van der Waals surface area contributed by atoms with Crippen molar-refractivity contribution in [3.8, 4) is 11.4 Å². The van der Waals surface area contributed by atoms with E-state index in [1.54, 1.807) is 18.2 Å². The summed E-state index contributed by atoms with van der Waals surface area (Å²) in [6, 6.07) is 15.1. The van der Waals surface area contributed by atoms with Gasteiger partial charge >= 0.3 is 6.61 Å². The van der Waals surface area contributed by atoms with Crippen molar-refractivity contribution in [1.82, 2.24) is 14.8 Å². The van der Waals surface area contributed by atoms with Crippen LogP contribution in [0.15, 0.2) is 53.7 Å². The maximum atomic E-state index is 12.8. The Balaban J connectivity index is 1.65. The van der Waals surface area contributed by atoms with Gasteiger partial charge in [-0.15, -0.1) is 10.2 Å². The second kappa shape index (κ2) is 10.1. The van der Waals surface area contributed by atoms with Gasteiger partial charge in [-0.2, -0.15) is 8.78 Å². The maximum absolute atomic E-state index is 12.8. The molecular weight excluding hydrogens is 422 g/mol. The van der Waals surface area contributed by atoms with E-state index in [0.29, 0.717) is 29.7 Å². The minimum absolute atomic E-state index is 0.178. The molecule has 1 saturated heterocycles. The van der Waals surface area contributed by atoms with Gasteiger partial charge in [0.2, 0.25) is 5.95 Å². The highest BCUT2D eigenvalue weighted by molar-refractivity contribution is 7.98. The lowest BCUT2D eigenvalue weighted by atomic mass is 10.1. The van der Waals surface area contributed by atoms with E-state index in [-0.39, 0.29) is 5.75 Å². The fourth-order valence-electron chi connectivity index (χ4n) is 3.44. The summed E-state index contributed by atoms with van der Waals surface area (Å²) in [6.07, 6.45) is 0.920. The van der Waals surface area contributed by atoms with Crippen LogP contribution in [0.25, 0.3) is 5.69 Å². The van der Waals surface area contributed by atoms with E-state index in [1.807, 2.05) is 22.8 Å². The molecule has 2 heterocycles. The number of thioether (sulfide) groups is 1. The van der Waals surface area contributed by atoms with Gasteiger partial charge in [-0.05, 0) is 30.2 Å². The summed E-state index contributed by atoms with van der Waals surface area (Å²) in [5.74, 6) is 1.37. The van der Waals surface area contributed by atoms with Crippen LogP contribution in [0, 0.1) is 0 Å². The average molecular weight is 447 g/mol. The van der Waals surface area contributed by atoms with Crippen LogP contribution >= 0.6 is 11.8 Å². The Bertz CT molecular complexity index is 1010. The van der Waals surface area contributed by atoms with Crippen LogP contribution in [-0.4, -0.2) is 47.7 Å². The van der Waals surface area contributed by atoms with Crippen molar-refractivity contribution < 1.29 is 18.3 Å². The van der Waals surface area contributed by atoms with Crippen LogP contribution < -0.4 is 9.64 Å². The third kappa shape index (κ3) is 5.16. The van der Waals surface area contributed by atoms with Gasteiger partial charge < -0.3 is 14.4 Å². The zero-order chi connectivity index (χ0) is 21.6. The van der Waals surface area contributed by atoms with Crippen molar-refractivity contribution in [2.45, 2.75) is 30.9 Å². The molecule has 1 fully saturated rings. The van der Waals surface area contributed by atoms with Crippen molar-refractivity contribution in [3.05, 3.63) is 59.7 Å². The van der Waals surface area contributed by atoms with Gasteiger partial charge in [-0.1, -0.05) is 49.0 Å². The molecule has 9 heteroatoms. The fraction of sp³-hybridized carbons (Fsp3) is 0.364. The molecule has 0 aliphatic carbocycles. The van der Waals surface area contributed by atoms with Crippen LogP contribution in [-0.2, 0) is 16.9 Å². The van der Waals surface area contributed by atoms with Crippen LogP contribution in [0.5, 0.6) is 5.75 Å². The number of morpholine rings is 1. The number of para-hydroxylation sites is 1. The Kier molecular flexibility index (Phi) is 7.03. The van der Waals surface area contributed by atoms with E-state index in [0.717, 1.165) is 31.1 Å².